The predicted molar refractivity (Wildman–Crippen MR) is 45.8 cm³/mol. The first-order chi connectivity index (χ1) is 3.66. The summed E-state index contributed by atoms with van der Waals surface area (Å²) in [6.45, 7) is 4.10. The number of hydrogen-bond donors (Lipinski definition) is 2. The molecule has 0 fully saturated rings. The predicted octanol–water partition coefficient (Wildman–Crippen LogP) is 2.53. The Hall–Kier alpha value is 0.440. The van der Waals surface area contributed by atoms with Gasteiger partial charge in [0.05, 0.1) is 0 Å². The van der Waals surface area contributed by atoms with Crippen molar-refractivity contribution in [2.24, 2.45) is 0 Å². The van der Waals surface area contributed by atoms with Gasteiger partial charge >= 0.3 is 0 Å². The van der Waals surface area contributed by atoms with Gasteiger partial charge in [-0.15, -0.1) is 12.6 Å². The van der Waals surface area contributed by atoms with Crippen LogP contribution in [0.5, 0.6) is 0 Å². The lowest BCUT2D eigenvalue weighted by Gasteiger charge is -1.95. The van der Waals surface area contributed by atoms with E-state index in [0.717, 1.165) is 11.3 Å². The van der Waals surface area contributed by atoms with Crippen molar-refractivity contribution in [3.63, 3.8) is 0 Å². The van der Waals surface area contributed by atoms with Crippen LogP contribution in [0.4, 0.5) is 0 Å². The lowest BCUT2D eigenvalue weighted by molar-refractivity contribution is 1.15. The molecule has 0 aromatic carbocycles. The summed E-state index contributed by atoms with van der Waals surface area (Å²) in [6.07, 6.45) is 3.04. The monoisotopic (exact) mass is 148 g/mol. The van der Waals surface area contributed by atoms with E-state index in [-0.39, 0.29) is 0 Å². The minimum Gasteiger partial charge on any atom is -0.172 e. The maximum absolute atomic E-state index is 4.18. The van der Waals surface area contributed by atoms with Gasteiger partial charge in [-0.25, -0.2) is 0 Å². The molecule has 0 aromatic heterocycles. The lowest BCUT2D eigenvalue weighted by Crippen LogP contribution is -1.82. The number of thiol groups is 2. The van der Waals surface area contributed by atoms with Gasteiger partial charge in [0.25, 0.3) is 0 Å². The van der Waals surface area contributed by atoms with Crippen LogP contribution in [0, 0.1) is 0 Å². The second-order valence-electron chi connectivity index (χ2n) is 1.75. The highest BCUT2D eigenvalue weighted by molar-refractivity contribution is 7.84. The molecule has 1 unspecified atom stereocenters. The van der Waals surface area contributed by atoms with Gasteiger partial charge in [-0.05, 0) is 18.2 Å². The summed E-state index contributed by atoms with van der Waals surface area (Å²) in [7, 11) is 0. The summed E-state index contributed by atoms with van der Waals surface area (Å²) < 4.78 is 0. The third kappa shape index (κ3) is 4.60. The van der Waals surface area contributed by atoms with Gasteiger partial charge in [0, 0.05) is 5.25 Å². The molecule has 0 aliphatic heterocycles. The molecule has 0 amide bonds. The van der Waals surface area contributed by atoms with E-state index in [1.807, 2.05) is 13.0 Å². The molecule has 0 aromatic rings. The highest BCUT2D eigenvalue weighted by Gasteiger charge is 1.87. The molecule has 0 aliphatic rings. The quantitative estimate of drug-likeness (QED) is 0.552. The van der Waals surface area contributed by atoms with Crippen LogP contribution in [0.25, 0.3) is 0 Å². The Morgan fingerprint density at radius 3 is 2.38 bits per heavy atom. The first-order valence-electron chi connectivity index (χ1n) is 2.74. The van der Waals surface area contributed by atoms with Crippen LogP contribution in [-0.2, 0) is 0 Å². The normalized spacial score (nSPS) is 16.2. The van der Waals surface area contributed by atoms with Crippen molar-refractivity contribution in [2.75, 3.05) is 0 Å². The average Bonchev–Trinajstić information content (AvgIpc) is 1.65. The summed E-state index contributed by atoms with van der Waals surface area (Å²) in [5, 5.41) is 0.336. The fourth-order valence-electron chi connectivity index (χ4n) is 0.396. The molecule has 0 radical (unpaired) electrons. The largest absolute Gasteiger partial charge is 0.172 e. The zero-order valence-electron chi connectivity index (χ0n) is 5.26. The van der Waals surface area contributed by atoms with Crippen molar-refractivity contribution in [3.8, 4) is 0 Å². The molecule has 48 valence electrons. The van der Waals surface area contributed by atoms with Crippen molar-refractivity contribution < 1.29 is 0 Å². The molecule has 0 heterocycles. The van der Waals surface area contributed by atoms with Crippen LogP contribution in [0.3, 0.4) is 0 Å². The van der Waals surface area contributed by atoms with E-state index >= 15 is 0 Å². The molecule has 0 N–H and O–H groups in total. The summed E-state index contributed by atoms with van der Waals surface area (Å²) >= 11 is 8.35. The van der Waals surface area contributed by atoms with Gasteiger partial charge in [-0.3, -0.25) is 0 Å². The Morgan fingerprint density at radius 1 is 1.75 bits per heavy atom. The van der Waals surface area contributed by atoms with E-state index in [9.17, 15) is 0 Å². The number of rotatable bonds is 2. The van der Waals surface area contributed by atoms with E-state index in [4.69, 9.17) is 0 Å². The molecule has 0 bridgehead atoms. The fraction of sp³-hybridized carbons (Fsp3) is 0.667. The molecular weight excluding hydrogens is 136 g/mol. The van der Waals surface area contributed by atoms with Gasteiger partial charge in [0.15, 0.2) is 0 Å². The van der Waals surface area contributed by atoms with Crippen LogP contribution >= 0.6 is 25.3 Å². The zero-order chi connectivity index (χ0) is 6.57. The van der Waals surface area contributed by atoms with Gasteiger partial charge in [-0.2, -0.15) is 12.6 Å². The SMILES string of the molecule is CCC(S)=CC(C)S. The van der Waals surface area contributed by atoms with Crippen LogP contribution in [0.1, 0.15) is 20.3 Å². The fourth-order valence-corrected chi connectivity index (χ4v) is 0.917. The molecule has 0 spiro atoms. The number of allylic oxidation sites excluding steroid dienone is 1. The summed E-state index contributed by atoms with van der Waals surface area (Å²) in [5.74, 6) is 0. The molecule has 0 rings (SSSR count). The van der Waals surface area contributed by atoms with Crippen molar-refractivity contribution in [1.82, 2.24) is 0 Å². The number of hydrogen-bond acceptors (Lipinski definition) is 2. The van der Waals surface area contributed by atoms with Crippen molar-refractivity contribution in [2.45, 2.75) is 25.5 Å². The van der Waals surface area contributed by atoms with Crippen molar-refractivity contribution in [3.05, 3.63) is 11.0 Å². The minimum absolute atomic E-state index is 0.336. The molecular formula is C6H12S2. The van der Waals surface area contributed by atoms with E-state index in [0.29, 0.717) is 5.25 Å². The Bertz CT molecular complexity index is 84.5. The van der Waals surface area contributed by atoms with E-state index in [1.54, 1.807) is 0 Å². The van der Waals surface area contributed by atoms with Gasteiger partial charge in [0.1, 0.15) is 0 Å². The second-order valence-corrected chi connectivity index (χ2v) is 3.14. The topological polar surface area (TPSA) is 0 Å². The van der Waals surface area contributed by atoms with Gasteiger partial charge in [0.2, 0.25) is 0 Å². The van der Waals surface area contributed by atoms with E-state index in [1.165, 1.54) is 0 Å². The molecule has 0 aliphatic carbocycles. The highest BCUT2D eigenvalue weighted by Crippen LogP contribution is 2.08. The average molecular weight is 148 g/mol. The van der Waals surface area contributed by atoms with E-state index in [2.05, 4.69) is 32.2 Å². The third-order valence-electron chi connectivity index (χ3n) is 0.796. The van der Waals surface area contributed by atoms with Crippen LogP contribution in [0.15, 0.2) is 11.0 Å². The molecule has 1 atom stereocenters. The van der Waals surface area contributed by atoms with Gasteiger partial charge in [-0.1, -0.05) is 13.0 Å². The van der Waals surface area contributed by atoms with E-state index < -0.39 is 0 Å². The molecule has 0 saturated carbocycles. The maximum Gasteiger partial charge on any atom is 0.0179 e. The summed E-state index contributed by atoms with van der Waals surface area (Å²) in [5.41, 5.74) is 0. The first kappa shape index (κ1) is 8.44. The van der Waals surface area contributed by atoms with Gasteiger partial charge < -0.3 is 0 Å². The highest BCUT2D eigenvalue weighted by atomic mass is 32.1. The smallest absolute Gasteiger partial charge is 0.0179 e. The van der Waals surface area contributed by atoms with Crippen molar-refractivity contribution >= 4 is 25.3 Å². The zero-order valence-corrected chi connectivity index (χ0v) is 7.05. The Balaban J connectivity index is 3.56. The van der Waals surface area contributed by atoms with Crippen LogP contribution in [0.2, 0.25) is 0 Å². The van der Waals surface area contributed by atoms with Crippen LogP contribution in [-0.4, -0.2) is 5.25 Å². The lowest BCUT2D eigenvalue weighted by atomic mass is 10.3. The Labute approximate surface area is 62.2 Å². The maximum atomic E-state index is 4.18. The third-order valence-corrected chi connectivity index (χ3v) is 1.41. The Kier molecular flexibility index (Phi) is 4.57. The Morgan fingerprint density at radius 2 is 2.25 bits per heavy atom. The van der Waals surface area contributed by atoms with Crippen molar-refractivity contribution in [1.29, 1.82) is 0 Å². The molecule has 0 nitrogen and oxygen atoms in total. The van der Waals surface area contributed by atoms with Crippen LogP contribution < -0.4 is 0 Å². The second kappa shape index (κ2) is 4.33. The minimum atomic E-state index is 0.336. The molecule has 8 heavy (non-hydrogen) atoms. The summed E-state index contributed by atoms with van der Waals surface area (Å²) in [6, 6.07) is 0. The standard InChI is InChI=1S/C6H12S2/c1-3-6(8)4-5(2)7/h4-5,7-8H,3H2,1-2H3. The molecule has 0 saturated heterocycles. The summed E-state index contributed by atoms with van der Waals surface area (Å²) in [4.78, 5) is 1.12. The first-order valence-corrected chi connectivity index (χ1v) is 3.71. The molecule has 2 heteroatoms.